The van der Waals surface area contributed by atoms with Gasteiger partial charge in [0.1, 0.15) is 35.8 Å². The Hall–Kier alpha value is -2.02. The van der Waals surface area contributed by atoms with E-state index in [1.807, 2.05) is 0 Å². The smallest absolute Gasteiger partial charge is 0.308 e. The maximum atomic E-state index is 14.6. The topological polar surface area (TPSA) is 213 Å². The van der Waals surface area contributed by atoms with Gasteiger partial charge in [0, 0.05) is 83.7 Å². The van der Waals surface area contributed by atoms with Gasteiger partial charge in [0.25, 0.3) is 0 Å². The molecule has 2 N–H and O–H groups in total. The van der Waals surface area contributed by atoms with Gasteiger partial charge < -0.3 is 81.3 Å². The lowest BCUT2D eigenvalue weighted by Gasteiger charge is -2.54. The van der Waals surface area contributed by atoms with Crippen molar-refractivity contribution < 1.29 is 90.9 Å². The maximum absolute atomic E-state index is 14.6. The van der Waals surface area contributed by atoms with E-state index in [1.54, 1.807) is 7.11 Å². The largest absolute Gasteiger partial charge is 0.459 e. The zero-order chi connectivity index (χ0) is 56.4. The first-order chi connectivity index (χ1) is 39.3. The summed E-state index contributed by atoms with van der Waals surface area (Å²) in [4.78, 5) is 27.3. The fourth-order valence-electron chi connectivity index (χ4n) is 19.0. The van der Waals surface area contributed by atoms with E-state index in [0.717, 1.165) is 49.7 Å². The number of rotatable bonds is 5. The summed E-state index contributed by atoms with van der Waals surface area (Å²) in [7, 11) is 1.57. The van der Waals surface area contributed by atoms with E-state index < -0.39 is 77.9 Å². The van der Waals surface area contributed by atoms with Crippen molar-refractivity contribution in [2.24, 2.45) is 29.6 Å². The molecule has 82 heavy (non-hydrogen) atoms. The number of Topliss-reactive ketones (excluding diaryl/α,β-unsaturated/α-hetero) is 1. The lowest BCUT2D eigenvalue weighted by Crippen LogP contribution is -2.64. The van der Waals surface area contributed by atoms with Gasteiger partial charge in [0.05, 0.1) is 123 Å². The molecule has 1 saturated carbocycles. The molecule has 16 fully saturated rings. The second-order valence-corrected chi connectivity index (χ2v) is 28.7. The fourth-order valence-corrected chi connectivity index (χ4v) is 19.0. The number of carbonyl (C=O) groups excluding carboxylic acids is 2. The molecule has 31 atom stereocenters. The second kappa shape index (κ2) is 21.1. The molecule has 31 unspecified atom stereocenters. The number of aliphatic hydroxyl groups is 2. The lowest BCUT2D eigenvalue weighted by atomic mass is 9.68. The fraction of sp³-hybridized carbons (Fsp3) is 0.905. The summed E-state index contributed by atoms with van der Waals surface area (Å²) in [6, 6.07) is 0. The molecule has 0 aromatic rings. The number of esters is 1. The Morgan fingerprint density at radius 2 is 1.30 bits per heavy atom. The Balaban J connectivity index is 0.650. The van der Waals surface area contributed by atoms with Gasteiger partial charge in [-0.25, -0.2) is 0 Å². The van der Waals surface area contributed by atoms with Crippen LogP contribution in [0.15, 0.2) is 24.3 Å². The van der Waals surface area contributed by atoms with Gasteiger partial charge in [-0.2, -0.15) is 0 Å². The average Bonchev–Trinajstić information content (AvgIpc) is 4.41. The summed E-state index contributed by atoms with van der Waals surface area (Å²) in [5, 5.41) is 23.7. The van der Waals surface area contributed by atoms with Crippen molar-refractivity contribution in [3.63, 3.8) is 0 Å². The summed E-state index contributed by atoms with van der Waals surface area (Å²) in [5.74, 6) is -2.98. The van der Waals surface area contributed by atoms with Crippen molar-refractivity contribution in [1.82, 2.24) is 0 Å². The minimum Gasteiger partial charge on any atom is -0.459 e. The highest BCUT2D eigenvalue weighted by molar-refractivity contribution is 5.79. The molecule has 0 amide bonds. The standard InChI is InChI=1S/C63H90O19/c1-29-16-37-10-11-41-30(2)17-39(69-41)12-14-60-28-50-58(82-60)63(67)25-35-8-9-38(71-56(35)57(81-60)59(63)75-50)19-51(66)76-55-34(6)54-46(72-45(55)21-42(70-37)33(29)5)22-44-48(74-54)26-62(77-44)27-49-53(80-62)32(4)24-61(79-49)23-31(3)52-47(78-61)20-40(65)43(73-52)18-36(64)13-15-68-7/h29,31-32,34-35,37-50,52-59,65,67H,2,5,8-28H2,1,3-4,6-7H3. The molecule has 0 radical (unpaired) electrons. The molecule has 15 heterocycles. The van der Waals surface area contributed by atoms with Gasteiger partial charge in [-0.05, 0) is 86.2 Å². The van der Waals surface area contributed by atoms with Crippen molar-refractivity contribution in [3.8, 4) is 0 Å². The number of ether oxygens (including phenoxy) is 15. The van der Waals surface area contributed by atoms with Crippen molar-refractivity contribution in [2.75, 3.05) is 13.7 Å². The number of ketones is 1. The molecule has 0 aromatic heterocycles. The molecule has 16 aliphatic rings. The van der Waals surface area contributed by atoms with Crippen LogP contribution in [-0.4, -0.2) is 193 Å². The van der Waals surface area contributed by atoms with Crippen LogP contribution in [0, 0.1) is 29.6 Å². The highest BCUT2D eigenvalue weighted by Gasteiger charge is 2.74. The molecule has 19 nitrogen and oxygen atoms in total. The summed E-state index contributed by atoms with van der Waals surface area (Å²) in [6.45, 7) is 18.2. The van der Waals surface area contributed by atoms with Gasteiger partial charge in [0.2, 0.25) is 0 Å². The SMILES string of the molecule is C=C1CC2CCC34CC5OC6C(O3)C3OC(CCC3CC6(O)C5O4)CC(=O)OC3C(CC4OC(CCC1O2)CC(C)C4=C)OC1CC2OC4(CC2OC1C3C)CC1OC2(CC(C)C3OC(CC(=O)CCOC)C(O)CC3O2)CC(C)C1O4. The molecule has 19 heteroatoms. The van der Waals surface area contributed by atoms with E-state index in [0.29, 0.717) is 77.2 Å². The van der Waals surface area contributed by atoms with Crippen molar-refractivity contribution >= 4 is 11.8 Å². The van der Waals surface area contributed by atoms with Gasteiger partial charge in [-0.3, -0.25) is 9.59 Å². The third kappa shape index (κ3) is 9.73. The number of methoxy groups -OCH3 is 1. The maximum Gasteiger partial charge on any atom is 0.308 e. The van der Waals surface area contributed by atoms with E-state index in [4.69, 9.17) is 71.1 Å². The van der Waals surface area contributed by atoms with Crippen LogP contribution in [0.3, 0.4) is 0 Å². The van der Waals surface area contributed by atoms with Crippen LogP contribution >= 0.6 is 0 Å². The third-order valence-electron chi connectivity index (χ3n) is 22.9. The quantitative estimate of drug-likeness (QED) is 0.233. The normalized spacial score (nSPS) is 56.7. The molecule has 1 aliphatic carbocycles. The molecule has 16 rings (SSSR count). The molecular weight excluding hydrogens is 1060 g/mol. The van der Waals surface area contributed by atoms with Crippen LogP contribution < -0.4 is 0 Å². The zero-order valence-corrected chi connectivity index (χ0v) is 48.7. The first-order valence-electron chi connectivity index (χ1n) is 32.0. The average molecular weight is 1150 g/mol. The number of hydrogen-bond acceptors (Lipinski definition) is 19. The van der Waals surface area contributed by atoms with Crippen LogP contribution in [0.25, 0.3) is 0 Å². The molecule has 15 aliphatic heterocycles. The number of hydrogen-bond donors (Lipinski definition) is 2. The molecule has 456 valence electrons. The van der Waals surface area contributed by atoms with Crippen LogP contribution in [0.4, 0.5) is 0 Å². The Kier molecular flexibility index (Phi) is 14.5. The van der Waals surface area contributed by atoms with Crippen LogP contribution in [0.1, 0.15) is 156 Å². The highest BCUT2D eigenvalue weighted by atomic mass is 16.8. The summed E-state index contributed by atoms with van der Waals surface area (Å²) in [5.41, 5.74) is 0.948. The number of aliphatic hydroxyl groups excluding tert-OH is 1. The second-order valence-electron chi connectivity index (χ2n) is 28.7. The number of fused-ring (bicyclic) bond motifs is 10. The summed E-state index contributed by atoms with van der Waals surface area (Å²) in [6.07, 6.45) is 2.89. The first-order valence-corrected chi connectivity index (χ1v) is 32.0. The minimum absolute atomic E-state index is 0.00932. The van der Waals surface area contributed by atoms with E-state index in [1.165, 1.54) is 0 Å². The monoisotopic (exact) mass is 1150 g/mol. The molecular formula is C63H90O19. The molecule has 12 bridgehead atoms. The molecule has 15 saturated heterocycles. The van der Waals surface area contributed by atoms with E-state index in [2.05, 4.69) is 40.9 Å². The van der Waals surface area contributed by atoms with E-state index >= 15 is 0 Å². The van der Waals surface area contributed by atoms with Crippen LogP contribution in [0.2, 0.25) is 0 Å². The highest BCUT2D eigenvalue weighted by Crippen LogP contribution is 2.61. The predicted octanol–water partition coefficient (Wildman–Crippen LogP) is 6.16. The van der Waals surface area contributed by atoms with Gasteiger partial charge in [-0.15, -0.1) is 0 Å². The zero-order valence-electron chi connectivity index (χ0n) is 48.7. The summed E-state index contributed by atoms with van der Waals surface area (Å²) < 4.78 is 102. The van der Waals surface area contributed by atoms with Gasteiger partial charge in [-0.1, -0.05) is 40.9 Å². The van der Waals surface area contributed by atoms with Crippen molar-refractivity contribution in [3.05, 3.63) is 24.3 Å². The molecule has 3 spiro atoms. The van der Waals surface area contributed by atoms with Gasteiger partial charge >= 0.3 is 5.97 Å². The Morgan fingerprint density at radius 1 is 0.585 bits per heavy atom. The minimum atomic E-state index is -1.18. The third-order valence-corrected chi connectivity index (χ3v) is 22.9. The van der Waals surface area contributed by atoms with E-state index in [-0.39, 0.29) is 140 Å². The van der Waals surface area contributed by atoms with Crippen molar-refractivity contribution in [1.29, 1.82) is 0 Å². The lowest BCUT2D eigenvalue weighted by molar-refractivity contribution is -0.371. The Labute approximate surface area is 482 Å². The van der Waals surface area contributed by atoms with Crippen LogP contribution in [0.5, 0.6) is 0 Å². The van der Waals surface area contributed by atoms with E-state index in [9.17, 15) is 19.8 Å². The number of carbonyl (C=O) groups is 2. The molecule has 0 aromatic carbocycles. The van der Waals surface area contributed by atoms with Crippen molar-refractivity contribution in [2.45, 2.75) is 313 Å². The Morgan fingerprint density at radius 3 is 2.15 bits per heavy atom. The van der Waals surface area contributed by atoms with Gasteiger partial charge in [0.15, 0.2) is 17.4 Å². The Bertz CT molecular complexity index is 2480. The summed E-state index contributed by atoms with van der Waals surface area (Å²) >= 11 is 0. The first kappa shape index (κ1) is 56.5. The predicted molar refractivity (Wildman–Crippen MR) is 287 cm³/mol. The van der Waals surface area contributed by atoms with Crippen LogP contribution in [-0.2, 0) is 80.6 Å².